The van der Waals surface area contributed by atoms with Gasteiger partial charge in [-0.25, -0.2) is 9.67 Å². The number of aromatic nitrogens is 4. The number of nitrogens with zero attached hydrogens (tertiary/aromatic N) is 4. The van der Waals surface area contributed by atoms with Crippen LogP contribution < -0.4 is 5.32 Å². The molecule has 0 spiro atoms. The second-order valence-electron chi connectivity index (χ2n) is 4.29. The van der Waals surface area contributed by atoms with Gasteiger partial charge in [0, 0.05) is 6.54 Å². The first-order valence-corrected chi connectivity index (χ1v) is 6.98. The topological polar surface area (TPSA) is 55.6 Å². The van der Waals surface area contributed by atoms with Gasteiger partial charge in [0.05, 0.1) is 33.5 Å². The van der Waals surface area contributed by atoms with E-state index >= 15 is 0 Å². The lowest BCUT2D eigenvalue weighted by Gasteiger charge is -2.16. The standard InChI is InChI=1S/C12H19N5S/c1-5-6-17-10(7-14-16-17)11(13-4)12-8(2)15-9(3)18-12/h7,11,13H,5-6H2,1-4H3. The Bertz CT molecular complexity index is 516. The second kappa shape index (κ2) is 5.58. The Morgan fingerprint density at radius 1 is 1.44 bits per heavy atom. The van der Waals surface area contributed by atoms with Crippen LogP contribution in [0.15, 0.2) is 6.20 Å². The summed E-state index contributed by atoms with van der Waals surface area (Å²) in [4.78, 5) is 5.74. The van der Waals surface area contributed by atoms with Crippen LogP contribution in [0.1, 0.15) is 40.7 Å². The van der Waals surface area contributed by atoms with E-state index in [0.29, 0.717) is 0 Å². The molecule has 0 bridgehead atoms. The first-order chi connectivity index (χ1) is 8.67. The Morgan fingerprint density at radius 2 is 2.22 bits per heavy atom. The molecule has 0 amide bonds. The van der Waals surface area contributed by atoms with Crippen LogP contribution >= 0.6 is 11.3 Å². The average Bonchev–Trinajstić information content (AvgIpc) is 2.89. The van der Waals surface area contributed by atoms with Gasteiger partial charge in [-0.3, -0.25) is 0 Å². The van der Waals surface area contributed by atoms with Gasteiger partial charge in [-0.2, -0.15) is 0 Å². The van der Waals surface area contributed by atoms with E-state index < -0.39 is 0 Å². The van der Waals surface area contributed by atoms with Crippen LogP contribution in [0.5, 0.6) is 0 Å². The van der Waals surface area contributed by atoms with E-state index in [1.54, 1.807) is 11.3 Å². The van der Waals surface area contributed by atoms with Gasteiger partial charge in [-0.15, -0.1) is 16.4 Å². The Hall–Kier alpha value is -1.27. The molecule has 1 N–H and O–H groups in total. The summed E-state index contributed by atoms with van der Waals surface area (Å²) < 4.78 is 1.97. The molecule has 6 heteroatoms. The highest BCUT2D eigenvalue weighted by molar-refractivity contribution is 7.11. The Balaban J connectivity index is 2.39. The number of thiazole rings is 1. The fourth-order valence-electron chi connectivity index (χ4n) is 2.10. The highest BCUT2D eigenvalue weighted by atomic mass is 32.1. The number of hydrogen-bond donors (Lipinski definition) is 1. The van der Waals surface area contributed by atoms with Crippen molar-refractivity contribution in [3.8, 4) is 0 Å². The van der Waals surface area contributed by atoms with Crippen LogP contribution in [0, 0.1) is 13.8 Å². The van der Waals surface area contributed by atoms with Crippen molar-refractivity contribution in [2.24, 2.45) is 0 Å². The summed E-state index contributed by atoms with van der Waals surface area (Å²) in [6, 6.07) is 0.123. The lowest BCUT2D eigenvalue weighted by Crippen LogP contribution is -2.21. The second-order valence-corrected chi connectivity index (χ2v) is 5.52. The molecule has 2 aromatic heterocycles. The lowest BCUT2D eigenvalue weighted by molar-refractivity contribution is 0.525. The molecular formula is C12H19N5S. The average molecular weight is 265 g/mol. The molecule has 0 aliphatic rings. The fourth-order valence-corrected chi connectivity index (χ4v) is 3.15. The van der Waals surface area contributed by atoms with E-state index in [1.807, 2.05) is 24.9 Å². The van der Waals surface area contributed by atoms with Gasteiger partial charge in [0.1, 0.15) is 0 Å². The highest BCUT2D eigenvalue weighted by Crippen LogP contribution is 2.29. The molecule has 2 heterocycles. The molecule has 1 unspecified atom stereocenters. The minimum absolute atomic E-state index is 0.123. The van der Waals surface area contributed by atoms with E-state index in [4.69, 9.17) is 0 Å². The van der Waals surface area contributed by atoms with E-state index in [9.17, 15) is 0 Å². The summed E-state index contributed by atoms with van der Waals surface area (Å²) in [5.74, 6) is 0. The maximum Gasteiger partial charge on any atom is 0.0900 e. The van der Waals surface area contributed by atoms with Crippen molar-refractivity contribution in [3.05, 3.63) is 27.5 Å². The molecule has 0 aromatic carbocycles. The van der Waals surface area contributed by atoms with Crippen molar-refractivity contribution in [1.29, 1.82) is 0 Å². The van der Waals surface area contributed by atoms with Gasteiger partial charge >= 0.3 is 0 Å². The van der Waals surface area contributed by atoms with Crippen molar-refractivity contribution >= 4 is 11.3 Å². The normalized spacial score (nSPS) is 12.9. The first-order valence-electron chi connectivity index (χ1n) is 6.17. The van der Waals surface area contributed by atoms with E-state index in [0.717, 1.165) is 29.4 Å². The van der Waals surface area contributed by atoms with Crippen LogP contribution in [-0.4, -0.2) is 27.0 Å². The largest absolute Gasteiger partial charge is 0.307 e. The predicted octanol–water partition coefficient (Wildman–Crippen LogP) is 2.07. The molecule has 98 valence electrons. The highest BCUT2D eigenvalue weighted by Gasteiger charge is 2.21. The zero-order valence-corrected chi connectivity index (χ0v) is 12.1. The molecule has 0 aliphatic heterocycles. The molecule has 0 saturated carbocycles. The quantitative estimate of drug-likeness (QED) is 0.899. The molecule has 5 nitrogen and oxygen atoms in total. The zero-order valence-electron chi connectivity index (χ0n) is 11.3. The van der Waals surface area contributed by atoms with Gasteiger partial charge in [-0.1, -0.05) is 12.1 Å². The lowest BCUT2D eigenvalue weighted by atomic mass is 10.1. The van der Waals surface area contributed by atoms with Crippen LogP contribution in [0.2, 0.25) is 0 Å². The Labute approximate surface area is 111 Å². The fraction of sp³-hybridized carbons (Fsp3) is 0.583. The molecule has 2 rings (SSSR count). The summed E-state index contributed by atoms with van der Waals surface area (Å²) in [6.07, 6.45) is 2.89. The van der Waals surface area contributed by atoms with Gasteiger partial charge in [-0.05, 0) is 27.3 Å². The third-order valence-corrected chi connectivity index (χ3v) is 4.01. The van der Waals surface area contributed by atoms with Crippen molar-refractivity contribution < 1.29 is 0 Å². The zero-order chi connectivity index (χ0) is 13.1. The minimum atomic E-state index is 0.123. The molecule has 1 atom stereocenters. The monoisotopic (exact) mass is 265 g/mol. The summed E-state index contributed by atoms with van der Waals surface area (Å²) in [5.41, 5.74) is 2.19. The third-order valence-electron chi connectivity index (χ3n) is 2.87. The van der Waals surface area contributed by atoms with E-state index in [2.05, 4.69) is 34.5 Å². The predicted molar refractivity (Wildman–Crippen MR) is 72.8 cm³/mol. The first kappa shape index (κ1) is 13.2. The van der Waals surface area contributed by atoms with Crippen LogP contribution in [0.3, 0.4) is 0 Å². The van der Waals surface area contributed by atoms with Crippen molar-refractivity contribution in [2.75, 3.05) is 7.05 Å². The maximum atomic E-state index is 4.49. The van der Waals surface area contributed by atoms with Crippen LogP contribution in [0.4, 0.5) is 0 Å². The SMILES string of the molecule is CCCn1nncc1C(NC)c1sc(C)nc1C. The Morgan fingerprint density at radius 3 is 2.78 bits per heavy atom. The number of rotatable bonds is 5. The van der Waals surface area contributed by atoms with E-state index in [-0.39, 0.29) is 6.04 Å². The third kappa shape index (κ3) is 2.44. The minimum Gasteiger partial charge on any atom is -0.307 e. The molecule has 0 radical (unpaired) electrons. The van der Waals surface area contributed by atoms with Gasteiger partial charge in [0.15, 0.2) is 0 Å². The summed E-state index contributed by atoms with van der Waals surface area (Å²) in [6.45, 7) is 7.12. The van der Waals surface area contributed by atoms with Gasteiger partial charge < -0.3 is 5.32 Å². The summed E-state index contributed by atoms with van der Waals surface area (Å²) in [7, 11) is 1.96. The Kier molecular flexibility index (Phi) is 4.08. The van der Waals surface area contributed by atoms with Crippen molar-refractivity contribution in [3.63, 3.8) is 0 Å². The van der Waals surface area contributed by atoms with Gasteiger partial charge in [0.2, 0.25) is 0 Å². The van der Waals surface area contributed by atoms with Crippen LogP contribution in [-0.2, 0) is 6.54 Å². The number of nitrogens with one attached hydrogen (secondary N) is 1. The number of hydrogen-bond acceptors (Lipinski definition) is 5. The van der Waals surface area contributed by atoms with Crippen molar-refractivity contribution in [2.45, 2.75) is 39.8 Å². The molecule has 0 saturated heterocycles. The van der Waals surface area contributed by atoms with Crippen LogP contribution in [0.25, 0.3) is 0 Å². The molecule has 0 aliphatic carbocycles. The number of aryl methyl sites for hydroxylation is 3. The van der Waals surface area contributed by atoms with Crippen molar-refractivity contribution in [1.82, 2.24) is 25.3 Å². The molecule has 0 fully saturated rings. The van der Waals surface area contributed by atoms with Gasteiger partial charge in [0.25, 0.3) is 0 Å². The maximum absolute atomic E-state index is 4.49. The smallest absolute Gasteiger partial charge is 0.0900 e. The molecular weight excluding hydrogens is 246 g/mol. The molecule has 2 aromatic rings. The summed E-state index contributed by atoms with van der Waals surface area (Å²) in [5, 5.41) is 12.6. The molecule has 18 heavy (non-hydrogen) atoms. The van der Waals surface area contributed by atoms with E-state index in [1.165, 1.54) is 4.88 Å². The summed E-state index contributed by atoms with van der Waals surface area (Å²) >= 11 is 1.73.